The molecule has 1 fully saturated rings. The van der Waals surface area contributed by atoms with Crippen LogP contribution in [-0.4, -0.2) is 24.0 Å². The van der Waals surface area contributed by atoms with Gasteiger partial charge in [-0.2, -0.15) is 0 Å². The highest BCUT2D eigenvalue weighted by molar-refractivity contribution is 5.93. The fraction of sp³-hybridized carbons (Fsp3) is 0.318. The average Bonchev–Trinajstić information content (AvgIpc) is 3.02. The molecule has 1 aromatic carbocycles. The van der Waals surface area contributed by atoms with Gasteiger partial charge in [-0.25, -0.2) is 4.98 Å². The van der Waals surface area contributed by atoms with Crippen LogP contribution < -0.4 is 15.6 Å². The van der Waals surface area contributed by atoms with E-state index < -0.39 is 5.91 Å². The third-order valence-corrected chi connectivity index (χ3v) is 5.05. The molecule has 3 heterocycles. The summed E-state index contributed by atoms with van der Waals surface area (Å²) in [6, 6.07) is 12.1. The molecule has 1 N–H and O–H groups in total. The number of para-hydroxylation sites is 1. The summed E-state index contributed by atoms with van der Waals surface area (Å²) in [6.07, 6.45) is 6.76. The average molecular weight is 377 g/mol. The maximum Gasteiger partial charge on any atom is 0.287 e. The fourth-order valence-corrected chi connectivity index (χ4v) is 3.49. The third kappa shape index (κ3) is 4.06. The van der Waals surface area contributed by atoms with Crippen molar-refractivity contribution in [2.75, 3.05) is 18.0 Å². The maximum atomic E-state index is 12.4. The van der Waals surface area contributed by atoms with Gasteiger partial charge >= 0.3 is 0 Å². The van der Waals surface area contributed by atoms with Crippen molar-refractivity contribution in [1.29, 1.82) is 0 Å². The minimum Gasteiger partial charge on any atom is -0.451 e. The van der Waals surface area contributed by atoms with Gasteiger partial charge in [0.15, 0.2) is 11.2 Å². The molecule has 6 nitrogen and oxygen atoms in total. The maximum absolute atomic E-state index is 12.4. The number of carbonyl (C=O) groups is 1. The molecule has 6 heteroatoms. The van der Waals surface area contributed by atoms with Gasteiger partial charge < -0.3 is 14.6 Å². The van der Waals surface area contributed by atoms with Crippen molar-refractivity contribution in [3.8, 4) is 0 Å². The predicted molar refractivity (Wildman–Crippen MR) is 109 cm³/mol. The van der Waals surface area contributed by atoms with E-state index in [1.165, 1.54) is 31.7 Å². The number of hydrogen-bond donors (Lipinski definition) is 1. The molecule has 144 valence electrons. The first-order chi connectivity index (χ1) is 13.7. The van der Waals surface area contributed by atoms with Crippen molar-refractivity contribution in [2.45, 2.75) is 32.2 Å². The molecule has 0 bridgehead atoms. The Morgan fingerprint density at radius 1 is 1.07 bits per heavy atom. The van der Waals surface area contributed by atoms with Crippen LogP contribution in [0.15, 0.2) is 57.9 Å². The van der Waals surface area contributed by atoms with E-state index in [-0.39, 0.29) is 11.2 Å². The summed E-state index contributed by atoms with van der Waals surface area (Å²) in [6.45, 7) is 2.41. The van der Waals surface area contributed by atoms with Crippen molar-refractivity contribution < 1.29 is 9.21 Å². The van der Waals surface area contributed by atoms with Gasteiger partial charge in [-0.15, -0.1) is 0 Å². The van der Waals surface area contributed by atoms with Crippen LogP contribution in [-0.2, 0) is 6.54 Å². The summed E-state index contributed by atoms with van der Waals surface area (Å²) in [5.74, 6) is 0.579. The summed E-state index contributed by atoms with van der Waals surface area (Å²) in [5, 5.41) is 3.26. The Morgan fingerprint density at radius 2 is 1.86 bits per heavy atom. The highest BCUT2D eigenvalue weighted by atomic mass is 16.3. The lowest BCUT2D eigenvalue weighted by atomic mass is 10.2. The zero-order chi connectivity index (χ0) is 19.3. The molecule has 3 aromatic rings. The molecular weight excluding hydrogens is 354 g/mol. The Hall–Kier alpha value is -3.15. The van der Waals surface area contributed by atoms with Crippen LogP contribution >= 0.6 is 0 Å². The van der Waals surface area contributed by atoms with Crippen LogP contribution in [0, 0.1) is 0 Å². The molecule has 28 heavy (non-hydrogen) atoms. The number of nitrogens with one attached hydrogen (secondary N) is 1. The van der Waals surface area contributed by atoms with Gasteiger partial charge in [0.25, 0.3) is 5.91 Å². The summed E-state index contributed by atoms with van der Waals surface area (Å²) >= 11 is 0. The number of fused-ring (bicyclic) bond motifs is 1. The molecule has 0 radical (unpaired) electrons. The van der Waals surface area contributed by atoms with Gasteiger partial charge in [-0.1, -0.05) is 31.0 Å². The van der Waals surface area contributed by atoms with Gasteiger partial charge in [0, 0.05) is 31.9 Å². The molecule has 0 saturated carbocycles. The fourth-order valence-electron chi connectivity index (χ4n) is 3.49. The van der Waals surface area contributed by atoms with Crippen LogP contribution in [0.3, 0.4) is 0 Å². The topological polar surface area (TPSA) is 75.4 Å². The highest BCUT2D eigenvalue weighted by Crippen LogP contribution is 2.17. The van der Waals surface area contributed by atoms with Crippen LogP contribution in [0.2, 0.25) is 0 Å². The molecule has 0 unspecified atom stereocenters. The largest absolute Gasteiger partial charge is 0.451 e. The molecule has 0 aliphatic carbocycles. The number of benzene rings is 1. The molecule has 1 saturated heterocycles. The van der Waals surface area contributed by atoms with Gasteiger partial charge in [-0.3, -0.25) is 9.59 Å². The van der Waals surface area contributed by atoms with Crippen molar-refractivity contribution in [1.82, 2.24) is 10.3 Å². The van der Waals surface area contributed by atoms with E-state index in [4.69, 9.17) is 4.42 Å². The van der Waals surface area contributed by atoms with E-state index in [0.717, 1.165) is 24.5 Å². The lowest BCUT2D eigenvalue weighted by Crippen LogP contribution is -2.25. The Labute approximate surface area is 163 Å². The van der Waals surface area contributed by atoms with E-state index in [1.807, 2.05) is 12.1 Å². The normalized spacial score (nSPS) is 14.6. The minimum absolute atomic E-state index is 0.0119. The molecule has 0 spiro atoms. The van der Waals surface area contributed by atoms with Crippen LogP contribution in [0.1, 0.15) is 41.8 Å². The first-order valence-electron chi connectivity index (χ1n) is 9.72. The zero-order valence-corrected chi connectivity index (χ0v) is 15.7. The second kappa shape index (κ2) is 8.25. The summed E-state index contributed by atoms with van der Waals surface area (Å²) in [7, 11) is 0. The van der Waals surface area contributed by atoms with Crippen LogP contribution in [0.4, 0.5) is 5.82 Å². The molecular formula is C22H23N3O3. The Kier molecular flexibility index (Phi) is 5.37. The first kappa shape index (κ1) is 18.2. The second-order valence-electron chi connectivity index (χ2n) is 7.08. The standard InChI is InChI=1S/C22H23N3O3/c26-18-13-20(28-19-8-4-3-7-17(18)19)22(27)24-15-16-9-10-21(23-14-16)25-11-5-1-2-6-12-25/h3-4,7-10,13-14H,1-2,5-6,11-12,15H2,(H,24,27). The number of carbonyl (C=O) groups excluding carboxylic acids is 1. The van der Waals surface area contributed by atoms with E-state index in [0.29, 0.717) is 17.5 Å². The SMILES string of the molecule is O=C(NCc1ccc(N2CCCCCC2)nc1)c1cc(=O)c2ccccc2o1. The molecule has 1 aliphatic heterocycles. The monoisotopic (exact) mass is 377 g/mol. The number of aromatic nitrogens is 1. The van der Waals surface area contributed by atoms with Crippen LogP contribution in [0.5, 0.6) is 0 Å². The number of nitrogens with zero attached hydrogens (tertiary/aromatic N) is 2. The number of pyridine rings is 1. The summed E-state index contributed by atoms with van der Waals surface area (Å²) in [4.78, 5) is 31.4. The number of anilines is 1. The van der Waals surface area contributed by atoms with Crippen molar-refractivity contribution >= 4 is 22.7 Å². The van der Waals surface area contributed by atoms with Gasteiger partial charge in [-0.05, 0) is 36.6 Å². The van der Waals surface area contributed by atoms with Gasteiger partial charge in [0.2, 0.25) is 0 Å². The van der Waals surface area contributed by atoms with Crippen molar-refractivity contribution in [3.05, 3.63) is 70.2 Å². The molecule has 0 atom stereocenters. The first-order valence-corrected chi connectivity index (χ1v) is 9.72. The quantitative estimate of drug-likeness (QED) is 0.753. The smallest absolute Gasteiger partial charge is 0.287 e. The Morgan fingerprint density at radius 3 is 2.61 bits per heavy atom. The van der Waals surface area contributed by atoms with E-state index in [2.05, 4.69) is 15.2 Å². The zero-order valence-electron chi connectivity index (χ0n) is 15.7. The number of hydrogen-bond acceptors (Lipinski definition) is 5. The second-order valence-corrected chi connectivity index (χ2v) is 7.08. The lowest BCUT2D eigenvalue weighted by Gasteiger charge is -2.21. The van der Waals surface area contributed by atoms with E-state index >= 15 is 0 Å². The summed E-state index contributed by atoms with van der Waals surface area (Å²) in [5.41, 5.74) is 1.08. The molecule has 1 amide bonds. The molecule has 2 aromatic heterocycles. The van der Waals surface area contributed by atoms with E-state index in [9.17, 15) is 9.59 Å². The lowest BCUT2D eigenvalue weighted by molar-refractivity contribution is 0.0923. The number of amides is 1. The third-order valence-electron chi connectivity index (χ3n) is 5.05. The van der Waals surface area contributed by atoms with Gasteiger partial charge in [0.05, 0.1) is 5.39 Å². The van der Waals surface area contributed by atoms with E-state index in [1.54, 1.807) is 30.5 Å². The Balaban J connectivity index is 1.41. The predicted octanol–water partition coefficient (Wildman–Crippen LogP) is 3.50. The number of rotatable bonds is 4. The molecule has 1 aliphatic rings. The minimum atomic E-state index is -0.417. The van der Waals surface area contributed by atoms with Crippen molar-refractivity contribution in [3.63, 3.8) is 0 Å². The van der Waals surface area contributed by atoms with Gasteiger partial charge in [0.1, 0.15) is 11.4 Å². The Bertz CT molecular complexity index is 1020. The highest BCUT2D eigenvalue weighted by Gasteiger charge is 2.13. The molecule has 4 rings (SSSR count). The summed E-state index contributed by atoms with van der Waals surface area (Å²) < 4.78 is 5.57. The van der Waals surface area contributed by atoms with Crippen LogP contribution in [0.25, 0.3) is 11.0 Å². The van der Waals surface area contributed by atoms with Crippen molar-refractivity contribution in [2.24, 2.45) is 0 Å².